The fraction of sp³-hybridized carbons (Fsp3) is 0.786. The third-order valence-corrected chi connectivity index (χ3v) is 7.69. The Morgan fingerprint density at radius 2 is 1.81 bits per heavy atom. The van der Waals surface area contributed by atoms with Crippen LogP contribution in [-0.4, -0.2) is 24.1 Å². The minimum atomic E-state index is -3.30. The van der Waals surface area contributed by atoms with E-state index in [1.54, 1.807) is 0 Å². The molecule has 2 atom stereocenters. The van der Waals surface area contributed by atoms with Gasteiger partial charge in [0, 0.05) is 6.04 Å². The van der Waals surface area contributed by atoms with Crippen LogP contribution in [0.1, 0.15) is 46.0 Å². The van der Waals surface area contributed by atoms with Gasteiger partial charge < -0.3 is 11.1 Å². The molecule has 0 spiro atoms. The maximum atomic E-state index is 12.5. The second kappa shape index (κ2) is 5.43. The van der Waals surface area contributed by atoms with Crippen molar-refractivity contribution in [1.29, 1.82) is 0 Å². The second-order valence-corrected chi connectivity index (χ2v) is 9.67. The summed E-state index contributed by atoms with van der Waals surface area (Å²) in [6, 6.07) is 0.316. The van der Waals surface area contributed by atoms with E-state index in [4.69, 9.17) is 5.73 Å². The zero-order valence-electron chi connectivity index (χ0n) is 12.5. The molecule has 3 rings (SSSR count). The van der Waals surface area contributed by atoms with Crippen molar-refractivity contribution in [2.75, 3.05) is 11.1 Å². The molecule has 1 aromatic heterocycles. The van der Waals surface area contributed by atoms with Crippen molar-refractivity contribution in [2.45, 2.75) is 62.1 Å². The number of sulfone groups is 1. The van der Waals surface area contributed by atoms with Crippen molar-refractivity contribution in [3.63, 3.8) is 0 Å². The van der Waals surface area contributed by atoms with Crippen LogP contribution in [0.15, 0.2) is 4.90 Å². The number of nitrogens with one attached hydrogen (secondary N) is 1. The Morgan fingerprint density at radius 1 is 1.19 bits per heavy atom. The zero-order valence-corrected chi connectivity index (χ0v) is 14.1. The number of nitrogens with zero attached hydrogens (tertiary/aromatic N) is 1. The lowest BCUT2D eigenvalue weighted by Crippen LogP contribution is -2.30. The first kappa shape index (κ1) is 15.1. The quantitative estimate of drug-likeness (QED) is 0.887. The number of nitrogens with two attached hydrogens (primary N) is 1. The molecule has 0 aromatic carbocycles. The lowest BCUT2D eigenvalue weighted by Gasteiger charge is -2.32. The molecule has 0 radical (unpaired) electrons. The number of nitrogen functional groups attached to an aromatic ring is 1. The molecule has 118 valence electrons. The van der Waals surface area contributed by atoms with Crippen LogP contribution >= 0.6 is 11.5 Å². The summed E-state index contributed by atoms with van der Waals surface area (Å²) in [5, 5.41) is 3.81. The Labute approximate surface area is 130 Å². The van der Waals surface area contributed by atoms with Gasteiger partial charge in [0.05, 0.1) is 5.25 Å². The van der Waals surface area contributed by atoms with Crippen LogP contribution in [0.5, 0.6) is 0 Å². The van der Waals surface area contributed by atoms with Gasteiger partial charge in [0.25, 0.3) is 0 Å². The predicted molar refractivity (Wildman–Crippen MR) is 86.3 cm³/mol. The second-order valence-electron chi connectivity index (χ2n) is 6.73. The Morgan fingerprint density at radius 3 is 2.38 bits per heavy atom. The smallest absolute Gasteiger partial charge is 0.187 e. The Balaban J connectivity index is 1.83. The highest BCUT2D eigenvalue weighted by atomic mass is 32.2. The minimum Gasteiger partial charge on any atom is -0.382 e. The third kappa shape index (κ3) is 3.04. The van der Waals surface area contributed by atoms with Crippen molar-refractivity contribution in [2.24, 2.45) is 11.8 Å². The number of rotatable bonds is 4. The number of aromatic nitrogens is 1. The number of hydrogen-bond donors (Lipinski definition) is 2. The molecule has 0 bridgehead atoms. The van der Waals surface area contributed by atoms with Crippen LogP contribution < -0.4 is 11.1 Å². The van der Waals surface area contributed by atoms with Gasteiger partial charge in [-0.2, -0.15) is 4.37 Å². The molecule has 2 aliphatic rings. The van der Waals surface area contributed by atoms with E-state index in [0.717, 1.165) is 25.7 Å². The first-order chi connectivity index (χ1) is 9.88. The summed E-state index contributed by atoms with van der Waals surface area (Å²) in [6.45, 7) is 4.51. The molecular formula is C14H23N3O2S2. The topological polar surface area (TPSA) is 85.1 Å². The van der Waals surface area contributed by atoms with Gasteiger partial charge >= 0.3 is 0 Å². The summed E-state index contributed by atoms with van der Waals surface area (Å²) in [5.74, 6) is 1.49. The lowest BCUT2D eigenvalue weighted by atomic mass is 9.80. The van der Waals surface area contributed by atoms with Gasteiger partial charge in [-0.3, -0.25) is 0 Å². The van der Waals surface area contributed by atoms with E-state index < -0.39 is 9.84 Å². The fourth-order valence-electron chi connectivity index (χ4n) is 3.46. The summed E-state index contributed by atoms with van der Waals surface area (Å²) >= 11 is 1.18. The van der Waals surface area contributed by atoms with E-state index in [0.29, 0.717) is 22.9 Å². The first-order valence-electron chi connectivity index (χ1n) is 7.63. The van der Waals surface area contributed by atoms with Gasteiger partial charge in [-0.15, -0.1) is 0 Å². The van der Waals surface area contributed by atoms with Crippen LogP contribution in [0.25, 0.3) is 0 Å². The van der Waals surface area contributed by atoms with Crippen molar-refractivity contribution in [1.82, 2.24) is 4.37 Å². The summed E-state index contributed by atoms with van der Waals surface area (Å²) < 4.78 is 29.1. The van der Waals surface area contributed by atoms with E-state index in [-0.39, 0.29) is 16.0 Å². The maximum Gasteiger partial charge on any atom is 0.187 e. The Kier molecular flexibility index (Phi) is 3.90. The van der Waals surface area contributed by atoms with Crippen LogP contribution in [0.2, 0.25) is 0 Å². The molecule has 3 N–H and O–H groups in total. The van der Waals surface area contributed by atoms with Crippen molar-refractivity contribution in [3.8, 4) is 0 Å². The summed E-state index contributed by atoms with van der Waals surface area (Å²) in [5.41, 5.74) is 5.83. The molecule has 1 heterocycles. The lowest BCUT2D eigenvalue weighted by molar-refractivity contribution is 0.281. The van der Waals surface area contributed by atoms with Crippen LogP contribution in [0, 0.1) is 11.8 Å². The average Bonchev–Trinajstić information content (AvgIpc) is 3.14. The van der Waals surface area contributed by atoms with Gasteiger partial charge in [0.2, 0.25) is 0 Å². The van der Waals surface area contributed by atoms with Gasteiger partial charge in [0.15, 0.2) is 15.7 Å². The molecule has 7 heteroatoms. The van der Waals surface area contributed by atoms with E-state index in [1.165, 1.54) is 18.0 Å². The molecule has 0 amide bonds. The Hall–Kier alpha value is -0.820. The fourth-order valence-corrected chi connectivity index (χ4v) is 6.41. The molecule has 2 aliphatic carbocycles. The minimum absolute atomic E-state index is 0.159. The van der Waals surface area contributed by atoms with E-state index in [1.807, 2.05) is 0 Å². The zero-order chi connectivity index (χ0) is 15.2. The van der Waals surface area contributed by atoms with Crippen LogP contribution in [0.4, 0.5) is 10.8 Å². The highest BCUT2D eigenvalue weighted by Gasteiger charge is 2.41. The van der Waals surface area contributed by atoms with Crippen LogP contribution in [0.3, 0.4) is 0 Å². The molecule has 2 fully saturated rings. The highest BCUT2D eigenvalue weighted by Crippen LogP contribution is 2.42. The van der Waals surface area contributed by atoms with Gasteiger partial charge in [0.1, 0.15) is 9.90 Å². The molecule has 21 heavy (non-hydrogen) atoms. The first-order valence-corrected chi connectivity index (χ1v) is 9.95. The van der Waals surface area contributed by atoms with Crippen molar-refractivity contribution < 1.29 is 8.42 Å². The largest absolute Gasteiger partial charge is 0.382 e. The molecule has 0 aliphatic heterocycles. The van der Waals surface area contributed by atoms with E-state index >= 15 is 0 Å². The molecule has 0 saturated heterocycles. The standard InChI is InChI=1S/C14H23N3O2S2/c1-8-5-9(2)7-10(6-8)16-14-12(13(15)17-20-14)21(18,19)11-3-4-11/h8-11,16H,3-7H2,1-2H3,(H2,15,17). The van der Waals surface area contributed by atoms with Gasteiger partial charge in [-0.25, -0.2) is 8.42 Å². The van der Waals surface area contributed by atoms with E-state index in [2.05, 4.69) is 23.5 Å². The van der Waals surface area contributed by atoms with Crippen molar-refractivity contribution >= 4 is 32.2 Å². The van der Waals surface area contributed by atoms with E-state index in [9.17, 15) is 8.42 Å². The number of hydrogen-bond acceptors (Lipinski definition) is 6. The average molecular weight is 329 g/mol. The highest BCUT2D eigenvalue weighted by molar-refractivity contribution is 7.92. The molecule has 2 unspecified atom stereocenters. The normalized spacial score (nSPS) is 30.3. The molecule has 5 nitrogen and oxygen atoms in total. The number of anilines is 2. The van der Waals surface area contributed by atoms with Gasteiger partial charge in [-0.1, -0.05) is 13.8 Å². The monoisotopic (exact) mass is 329 g/mol. The summed E-state index contributed by atoms with van der Waals surface area (Å²) in [6.07, 6.45) is 4.88. The summed E-state index contributed by atoms with van der Waals surface area (Å²) in [7, 11) is -3.30. The summed E-state index contributed by atoms with van der Waals surface area (Å²) in [4.78, 5) is 0.251. The molecule has 1 aromatic rings. The molecular weight excluding hydrogens is 306 g/mol. The van der Waals surface area contributed by atoms with Crippen molar-refractivity contribution in [3.05, 3.63) is 0 Å². The van der Waals surface area contributed by atoms with Gasteiger partial charge in [-0.05, 0) is 55.5 Å². The molecule has 2 saturated carbocycles. The van der Waals surface area contributed by atoms with Crippen LogP contribution in [-0.2, 0) is 9.84 Å². The third-order valence-electron chi connectivity index (χ3n) is 4.44. The predicted octanol–water partition coefficient (Wildman–Crippen LogP) is 2.90. The Bertz CT molecular complexity index is 612. The maximum absolute atomic E-state index is 12.5. The SMILES string of the molecule is CC1CC(C)CC(Nc2snc(N)c2S(=O)(=O)C2CC2)C1.